The first kappa shape index (κ1) is 16.1. The summed E-state index contributed by atoms with van der Waals surface area (Å²) in [7, 11) is 0. The molecule has 0 atom stereocenters. The first-order chi connectivity index (χ1) is 9.79. The van der Waals surface area contributed by atoms with E-state index in [1.54, 1.807) is 25.1 Å². The fraction of sp³-hybridized carbons (Fsp3) is 0.385. The number of hydrogen-bond acceptors (Lipinski definition) is 3. The number of benzene rings is 1. The predicted molar refractivity (Wildman–Crippen MR) is 81.7 cm³/mol. The first-order valence-electron chi connectivity index (χ1n) is 6.16. The molecule has 1 heterocycles. The van der Waals surface area contributed by atoms with Crippen LogP contribution in [0, 0.1) is 0 Å². The Kier molecular flexibility index (Phi) is 4.75. The molecule has 0 spiro atoms. The monoisotopic (exact) mass is 376 g/mol. The molecule has 1 aliphatic heterocycles. The fourth-order valence-electron chi connectivity index (χ4n) is 2.01. The number of halogens is 2. The highest BCUT2D eigenvalue weighted by Crippen LogP contribution is 2.28. The highest BCUT2D eigenvalue weighted by atomic mass is 79.9. The van der Waals surface area contributed by atoms with Gasteiger partial charge in [-0.25, -0.2) is 9.59 Å². The zero-order chi connectivity index (χ0) is 15.6. The average molecular weight is 378 g/mol. The Bertz CT molecular complexity index is 575. The Morgan fingerprint density at radius 2 is 2.19 bits per heavy atom. The second-order valence-corrected chi connectivity index (χ2v) is 6.31. The van der Waals surface area contributed by atoms with Gasteiger partial charge in [-0.05, 0) is 41.1 Å². The van der Waals surface area contributed by atoms with Crippen LogP contribution in [0.3, 0.4) is 0 Å². The molecule has 0 aromatic heterocycles. The molecule has 8 heteroatoms. The molecule has 1 saturated heterocycles. The minimum atomic E-state index is -1.02. The second-order valence-electron chi connectivity index (χ2n) is 5.05. The summed E-state index contributed by atoms with van der Waals surface area (Å²) in [6, 6.07) is 4.84. The fourth-order valence-corrected chi connectivity index (χ4v) is 2.44. The van der Waals surface area contributed by atoms with Crippen molar-refractivity contribution in [3.05, 3.63) is 27.7 Å². The number of hydrogen-bond donors (Lipinski definition) is 2. The minimum Gasteiger partial charge on any atom is -0.480 e. The number of anilines is 1. The number of amides is 2. The van der Waals surface area contributed by atoms with Crippen molar-refractivity contribution >= 4 is 45.2 Å². The van der Waals surface area contributed by atoms with Crippen LogP contribution in [0.15, 0.2) is 22.7 Å². The van der Waals surface area contributed by atoms with Crippen LogP contribution < -0.4 is 5.32 Å². The Balaban J connectivity index is 1.86. The van der Waals surface area contributed by atoms with Crippen LogP contribution in [0.2, 0.25) is 5.02 Å². The van der Waals surface area contributed by atoms with Crippen LogP contribution in [-0.4, -0.2) is 47.3 Å². The molecule has 2 amide bonds. The molecule has 0 unspecified atom stereocenters. The maximum atomic E-state index is 12.0. The van der Waals surface area contributed by atoms with E-state index in [2.05, 4.69) is 21.2 Å². The van der Waals surface area contributed by atoms with E-state index >= 15 is 0 Å². The molecule has 114 valence electrons. The van der Waals surface area contributed by atoms with E-state index in [9.17, 15) is 9.59 Å². The van der Waals surface area contributed by atoms with Gasteiger partial charge in [0, 0.05) is 10.2 Å². The van der Waals surface area contributed by atoms with Crippen molar-refractivity contribution in [1.82, 2.24) is 4.90 Å². The predicted octanol–water partition coefficient (Wildman–Crippen LogP) is 2.81. The molecule has 0 bridgehead atoms. The Labute approximate surface area is 135 Å². The molecule has 1 aromatic rings. The van der Waals surface area contributed by atoms with Crippen LogP contribution in [0.25, 0.3) is 0 Å². The lowest BCUT2D eigenvalue weighted by molar-refractivity contribution is -0.159. The van der Waals surface area contributed by atoms with Gasteiger partial charge < -0.3 is 20.1 Å². The standard InChI is InChI=1S/C13H14BrClN2O4/c1-13(21-5-11(18)19)6-17(7-13)12(20)16-8-2-3-9(14)10(15)4-8/h2-4H,5-7H2,1H3,(H,16,20)(H,18,19). The average Bonchev–Trinajstić information content (AvgIpc) is 2.37. The molecule has 1 fully saturated rings. The van der Waals surface area contributed by atoms with Crippen LogP contribution >= 0.6 is 27.5 Å². The van der Waals surface area contributed by atoms with E-state index in [0.29, 0.717) is 23.8 Å². The van der Waals surface area contributed by atoms with Crippen molar-refractivity contribution in [2.45, 2.75) is 12.5 Å². The van der Waals surface area contributed by atoms with Gasteiger partial charge in [0.05, 0.1) is 18.1 Å². The smallest absolute Gasteiger partial charge is 0.329 e. The highest BCUT2D eigenvalue weighted by Gasteiger charge is 2.42. The van der Waals surface area contributed by atoms with E-state index in [0.717, 1.165) is 4.47 Å². The van der Waals surface area contributed by atoms with E-state index in [-0.39, 0.29) is 12.6 Å². The third-order valence-electron chi connectivity index (χ3n) is 3.05. The van der Waals surface area contributed by atoms with Crippen LogP contribution in [0.1, 0.15) is 6.92 Å². The third-order valence-corrected chi connectivity index (χ3v) is 4.29. The van der Waals surface area contributed by atoms with Gasteiger partial charge in [-0.3, -0.25) is 0 Å². The minimum absolute atomic E-state index is 0.273. The zero-order valence-corrected chi connectivity index (χ0v) is 13.6. The van der Waals surface area contributed by atoms with Crippen molar-refractivity contribution < 1.29 is 19.4 Å². The molecule has 1 aromatic carbocycles. The Morgan fingerprint density at radius 1 is 1.52 bits per heavy atom. The molecule has 2 rings (SSSR count). The molecule has 0 saturated carbocycles. The number of ether oxygens (including phenoxy) is 1. The maximum Gasteiger partial charge on any atom is 0.329 e. The molecule has 6 nitrogen and oxygen atoms in total. The number of carboxylic acids is 1. The Hall–Kier alpha value is -1.31. The molecular weight excluding hydrogens is 364 g/mol. The lowest BCUT2D eigenvalue weighted by Gasteiger charge is -2.46. The van der Waals surface area contributed by atoms with Crippen molar-refractivity contribution in [3.8, 4) is 0 Å². The van der Waals surface area contributed by atoms with E-state index in [1.807, 2.05) is 0 Å². The number of carbonyl (C=O) groups excluding carboxylic acids is 1. The van der Waals surface area contributed by atoms with Crippen molar-refractivity contribution in [2.75, 3.05) is 25.0 Å². The van der Waals surface area contributed by atoms with Gasteiger partial charge in [0.1, 0.15) is 12.2 Å². The number of nitrogens with zero attached hydrogens (tertiary/aromatic N) is 1. The van der Waals surface area contributed by atoms with Gasteiger partial charge in [-0.15, -0.1) is 0 Å². The van der Waals surface area contributed by atoms with E-state index < -0.39 is 11.6 Å². The second kappa shape index (κ2) is 6.21. The van der Waals surface area contributed by atoms with Crippen molar-refractivity contribution in [3.63, 3.8) is 0 Å². The number of urea groups is 1. The molecular formula is C13H14BrClN2O4. The summed E-state index contributed by atoms with van der Waals surface area (Å²) in [4.78, 5) is 24.0. The van der Waals surface area contributed by atoms with Crippen molar-refractivity contribution in [2.24, 2.45) is 0 Å². The summed E-state index contributed by atoms with van der Waals surface area (Å²) in [5.41, 5.74) is -0.0131. The third kappa shape index (κ3) is 4.09. The van der Waals surface area contributed by atoms with E-state index in [1.165, 1.54) is 4.90 Å². The quantitative estimate of drug-likeness (QED) is 0.846. The van der Waals surface area contributed by atoms with Gasteiger partial charge in [-0.1, -0.05) is 11.6 Å². The van der Waals surface area contributed by atoms with Crippen LogP contribution in [0.4, 0.5) is 10.5 Å². The summed E-state index contributed by atoms with van der Waals surface area (Å²) in [5, 5.41) is 11.8. The summed E-state index contributed by atoms with van der Waals surface area (Å²) >= 11 is 9.23. The van der Waals surface area contributed by atoms with Crippen molar-refractivity contribution in [1.29, 1.82) is 0 Å². The highest BCUT2D eigenvalue weighted by molar-refractivity contribution is 9.10. The number of rotatable bonds is 4. The lowest BCUT2D eigenvalue weighted by atomic mass is 9.97. The SMILES string of the molecule is CC1(OCC(=O)O)CN(C(=O)Nc2ccc(Br)c(Cl)c2)C1. The van der Waals surface area contributed by atoms with Crippen LogP contribution in [-0.2, 0) is 9.53 Å². The number of nitrogens with one attached hydrogen (secondary N) is 1. The largest absolute Gasteiger partial charge is 0.480 e. The maximum absolute atomic E-state index is 12.0. The summed E-state index contributed by atoms with van der Waals surface area (Å²) < 4.78 is 5.99. The topological polar surface area (TPSA) is 78.9 Å². The molecule has 1 aliphatic rings. The zero-order valence-electron chi connectivity index (χ0n) is 11.2. The molecule has 2 N–H and O–H groups in total. The number of aliphatic carboxylic acids is 1. The van der Waals surface area contributed by atoms with Gasteiger partial charge in [-0.2, -0.15) is 0 Å². The summed E-state index contributed by atoms with van der Waals surface area (Å²) in [6.45, 7) is 2.09. The Morgan fingerprint density at radius 3 is 2.76 bits per heavy atom. The van der Waals surface area contributed by atoms with Gasteiger partial charge in [0.2, 0.25) is 0 Å². The van der Waals surface area contributed by atoms with Gasteiger partial charge in [0.25, 0.3) is 0 Å². The first-order valence-corrected chi connectivity index (χ1v) is 7.33. The molecule has 0 radical (unpaired) electrons. The van der Waals surface area contributed by atoms with Gasteiger partial charge in [0.15, 0.2) is 0 Å². The number of carbonyl (C=O) groups is 2. The summed E-state index contributed by atoms with van der Waals surface area (Å²) in [5.74, 6) is -1.02. The number of carboxylic acid groups (broad SMARTS) is 1. The van der Waals surface area contributed by atoms with E-state index in [4.69, 9.17) is 21.4 Å². The number of likely N-dealkylation sites (tertiary alicyclic amines) is 1. The molecule has 21 heavy (non-hydrogen) atoms. The summed E-state index contributed by atoms with van der Waals surface area (Å²) in [6.07, 6.45) is 0. The normalized spacial score (nSPS) is 16.2. The molecule has 0 aliphatic carbocycles. The lowest BCUT2D eigenvalue weighted by Crippen LogP contribution is -2.64. The van der Waals surface area contributed by atoms with Crippen LogP contribution in [0.5, 0.6) is 0 Å². The van der Waals surface area contributed by atoms with Gasteiger partial charge >= 0.3 is 12.0 Å².